The molecular formula is C33H40ClNO4. The Labute approximate surface area is 238 Å². The Balaban J connectivity index is 1.68. The van der Waals surface area contributed by atoms with Gasteiger partial charge in [-0.2, -0.15) is 0 Å². The van der Waals surface area contributed by atoms with Gasteiger partial charge in [-0.05, 0) is 98.0 Å². The Kier molecular flexibility index (Phi) is 8.80. The lowest BCUT2D eigenvalue weighted by Gasteiger charge is -2.30. The van der Waals surface area contributed by atoms with Crippen LogP contribution in [-0.4, -0.2) is 25.8 Å². The standard InChI is InChI=1S/C33H40ClNO4/c1-32(2,3)39-31(36)20-28(33(4)17-18-33)25-11-16-29(34)30(19-25)35(21-23-7-12-26(37-5)13-8-23)22-24-9-14-27(38-6)15-10-24/h7-16,19,28H,17-18,20-22H2,1-6H3. The highest BCUT2D eigenvalue weighted by atomic mass is 35.5. The molecule has 0 heterocycles. The topological polar surface area (TPSA) is 48.0 Å². The second kappa shape index (κ2) is 11.9. The number of hydrogen-bond donors (Lipinski definition) is 0. The number of hydrogen-bond acceptors (Lipinski definition) is 5. The van der Waals surface area contributed by atoms with E-state index in [9.17, 15) is 4.79 Å². The number of benzene rings is 3. The van der Waals surface area contributed by atoms with E-state index in [1.54, 1.807) is 14.2 Å². The van der Waals surface area contributed by atoms with Crippen LogP contribution in [-0.2, 0) is 22.6 Å². The highest BCUT2D eigenvalue weighted by molar-refractivity contribution is 6.33. The van der Waals surface area contributed by atoms with Crippen LogP contribution in [0.2, 0.25) is 5.02 Å². The summed E-state index contributed by atoms with van der Waals surface area (Å²) in [6, 6.07) is 22.4. The molecule has 4 rings (SSSR count). The summed E-state index contributed by atoms with van der Waals surface area (Å²) < 4.78 is 16.4. The van der Waals surface area contributed by atoms with Crippen molar-refractivity contribution in [3.63, 3.8) is 0 Å². The molecule has 1 aliphatic carbocycles. The molecule has 1 unspecified atom stereocenters. The first-order valence-electron chi connectivity index (χ1n) is 13.5. The number of anilines is 1. The quantitative estimate of drug-likeness (QED) is 0.226. The summed E-state index contributed by atoms with van der Waals surface area (Å²) in [5.74, 6) is 1.55. The van der Waals surface area contributed by atoms with Gasteiger partial charge < -0.3 is 19.1 Å². The fraction of sp³-hybridized carbons (Fsp3) is 0.424. The Morgan fingerprint density at radius 1 is 0.897 bits per heavy atom. The lowest BCUT2D eigenvalue weighted by Crippen LogP contribution is -2.27. The monoisotopic (exact) mass is 549 g/mol. The predicted octanol–water partition coefficient (Wildman–Crippen LogP) is 8.18. The van der Waals surface area contributed by atoms with Crippen LogP contribution in [0.15, 0.2) is 66.7 Å². The Morgan fingerprint density at radius 3 is 1.85 bits per heavy atom. The first-order valence-corrected chi connectivity index (χ1v) is 13.9. The summed E-state index contributed by atoms with van der Waals surface area (Å²) >= 11 is 6.87. The summed E-state index contributed by atoms with van der Waals surface area (Å²) in [7, 11) is 3.34. The average molecular weight is 550 g/mol. The molecule has 0 spiro atoms. The molecule has 0 aliphatic heterocycles. The summed E-state index contributed by atoms with van der Waals surface area (Å²) in [5, 5.41) is 0.678. The molecule has 1 saturated carbocycles. The highest BCUT2D eigenvalue weighted by Crippen LogP contribution is 2.57. The number of halogens is 1. The van der Waals surface area contributed by atoms with Crippen molar-refractivity contribution in [2.75, 3.05) is 19.1 Å². The molecule has 3 aromatic carbocycles. The van der Waals surface area contributed by atoms with E-state index in [2.05, 4.69) is 48.2 Å². The molecule has 6 heteroatoms. The van der Waals surface area contributed by atoms with Crippen LogP contribution < -0.4 is 14.4 Å². The van der Waals surface area contributed by atoms with Gasteiger partial charge in [-0.25, -0.2) is 0 Å². The van der Waals surface area contributed by atoms with Crippen LogP contribution >= 0.6 is 11.6 Å². The Hall–Kier alpha value is -3.18. The van der Waals surface area contributed by atoms with E-state index in [0.29, 0.717) is 24.5 Å². The van der Waals surface area contributed by atoms with E-state index < -0.39 is 5.60 Å². The van der Waals surface area contributed by atoms with Crippen molar-refractivity contribution in [1.82, 2.24) is 0 Å². The second-order valence-corrected chi connectivity index (χ2v) is 12.2. The molecule has 0 aromatic heterocycles. The Bertz CT molecular complexity index is 1210. The van der Waals surface area contributed by atoms with Crippen molar-refractivity contribution < 1.29 is 19.0 Å². The SMILES string of the molecule is COc1ccc(CN(Cc2ccc(OC)cc2)c2cc(C(CC(=O)OC(C)(C)C)C3(C)CC3)ccc2Cl)cc1. The van der Waals surface area contributed by atoms with Crippen molar-refractivity contribution in [3.8, 4) is 11.5 Å². The fourth-order valence-electron chi connectivity index (χ4n) is 4.98. The lowest BCUT2D eigenvalue weighted by atomic mass is 9.82. The largest absolute Gasteiger partial charge is 0.497 e. The molecule has 0 bridgehead atoms. The minimum absolute atomic E-state index is 0.0622. The maximum atomic E-state index is 12.9. The fourth-order valence-corrected chi connectivity index (χ4v) is 5.22. The van der Waals surface area contributed by atoms with Crippen molar-refractivity contribution in [2.45, 2.75) is 71.6 Å². The van der Waals surface area contributed by atoms with Gasteiger partial charge in [0, 0.05) is 13.1 Å². The van der Waals surface area contributed by atoms with Crippen LogP contribution in [0.1, 0.15) is 69.6 Å². The third-order valence-corrected chi connectivity index (χ3v) is 7.77. The molecule has 0 saturated heterocycles. The normalized spacial score (nSPS) is 14.8. The van der Waals surface area contributed by atoms with Crippen LogP contribution in [0.4, 0.5) is 5.69 Å². The summed E-state index contributed by atoms with van der Waals surface area (Å²) in [5.41, 5.74) is 3.92. The number of carbonyl (C=O) groups is 1. The molecule has 0 N–H and O–H groups in total. The van der Waals surface area contributed by atoms with Gasteiger partial charge in [-0.15, -0.1) is 0 Å². The second-order valence-electron chi connectivity index (χ2n) is 11.8. The lowest BCUT2D eigenvalue weighted by molar-refractivity contribution is -0.155. The van der Waals surface area contributed by atoms with Gasteiger partial charge in [0.25, 0.3) is 0 Å². The first kappa shape index (κ1) is 28.8. The van der Waals surface area contributed by atoms with Crippen molar-refractivity contribution in [2.24, 2.45) is 5.41 Å². The molecule has 39 heavy (non-hydrogen) atoms. The van der Waals surface area contributed by atoms with Crippen LogP contribution in [0, 0.1) is 5.41 Å². The van der Waals surface area contributed by atoms with Gasteiger partial charge in [0.05, 0.1) is 31.4 Å². The van der Waals surface area contributed by atoms with Crippen LogP contribution in [0.5, 0.6) is 11.5 Å². The van der Waals surface area contributed by atoms with E-state index in [0.717, 1.165) is 46.7 Å². The van der Waals surface area contributed by atoms with Crippen molar-refractivity contribution in [3.05, 3.63) is 88.4 Å². The minimum atomic E-state index is -0.509. The number of nitrogens with zero attached hydrogens (tertiary/aromatic N) is 1. The zero-order valence-electron chi connectivity index (χ0n) is 23.9. The third-order valence-electron chi connectivity index (χ3n) is 7.45. The van der Waals surface area contributed by atoms with Gasteiger partial charge >= 0.3 is 5.97 Å². The molecule has 0 amide bonds. The Morgan fingerprint density at radius 2 is 1.41 bits per heavy atom. The maximum Gasteiger partial charge on any atom is 0.306 e. The summed E-state index contributed by atoms with van der Waals surface area (Å²) in [4.78, 5) is 15.2. The zero-order chi connectivity index (χ0) is 28.2. The van der Waals surface area contributed by atoms with Crippen molar-refractivity contribution >= 4 is 23.3 Å². The molecule has 0 radical (unpaired) electrons. The zero-order valence-corrected chi connectivity index (χ0v) is 24.7. The van der Waals surface area contributed by atoms with Gasteiger partial charge in [0.15, 0.2) is 0 Å². The van der Waals surface area contributed by atoms with E-state index in [4.69, 9.17) is 25.8 Å². The van der Waals surface area contributed by atoms with E-state index in [-0.39, 0.29) is 17.3 Å². The smallest absolute Gasteiger partial charge is 0.306 e. The third kappa shape index (κ3) is 7.69. The van der Waals surface area contributed by atoms with Gasteiger partial charge in [-0.1, -0.05) is 48.9 Å². The van der Waals surface area contributed by atoms with Crippen LogP contribution in [0.3, 0.4) is 0 Å². The van der Waals surface area contributed by atoms with Crippen molar-refractivity contribution in [1.29, 1.82) is 0 Å². The minimum Gasteiger partial charge on any atom is -0.497 e. The van der Waals surface area contributed by atoms with Gasteiger partial charge in [0.2, 0.25) is 0 Å². The molecule has 1 aliphatic rings. The number of esters is 1. The molecule has 1 atom stereocenters. The summed E-state index contributed by atoms with van der Waals surface area (Å²) in [6.45, 7) is 9.32. The molecule has 208 valence electrons. The molecular weight excluding hydrogens is 510 g/mol. The molecule has 1 fully saturated rings. The highest BCUT2D eigenvalue weighted by Gasteiger charge is 2.46. The number of methoxy groups -OCH3 is 2. The molecule has 5 nitrogen and oxygen atoms in total. The first-order chi connectivity index (χ1) is 18.5. The van der Waals surface area contributed by atoms with E-state index in [1.165, 1.54) is 0 Å². The van der Waals surface area contributed by atoms with E-state index >= 15 is 0 Å². The predicted molar refractivity (Wildman–Crippen MR) is 158 cm³/mol. The molecule has 3 aromatic rings. The van der Waals surface area contributed by atoms with E-state index in [1.807, 2.05) is 51.1 Å². The van der Waals surface area contributed by atoms with Gasteiger partial charge in [0.1, 0.15) is 17.1 Å². The maximum absolute atomic E-state index is 12.9. The van der Waals surface area contributed by atoms with Crippen LogP contribution in [0.25, 0.3) is 0 Å². The summed E-state index contributed by atoms with van der Waals surface area (Å²) in [6.07, 6.45) is 2.55. The number of carbonyl (C=O) groups excluding carboxylic acids is 1. The number of rotatable bonds is 11. The number of ether oxygens (including phenoxy) is 3. The average Bonchev–Trinajstić information content (AvgIpc) is 3.65. The van der Waals surface area contributed by atoms with Gasteiger partial charge in [-0.3, -0.25) is 4.79 Å².